The van der Waals surface area contributed by atoms with Gasteiger partial charge in [-0.25, -0.2) is 8.42 Å². The minimum atomic E-state index is -3.39. The van der Waals surface area contributed by atoms with Crippen molar-refractivity contribution in [3.8, 4) is 0 Å². The number of sulfonamides is 1. The summed E-state index contributed by atoms with van der Waals surface area (Å²) in [7, 11) is -1.60. The number of nitrogens with zero attached hydrogens (tertiary/aromatic N) is 2. The van der Waals surface area contributed by atoms with Crippen molar-refractivity contribution in [1.29, 1.82) is 0 Å². The highest BCUT2D eigenvalue weighted by Crippen LogP contribution is 2.22. The Kier molecular flexibility index (Phi) is 6.20. The van der Waals surface area contributed by atoms with Crippen molar-refractivity contribution < 1.29 is 13.2 Å². The maximum Gasteiger partial charge on any atom is 0.243 e. The Morgan fingerprint density at radius 1 is 1.00 bits per heavy atom. The van der Waals surface area contributed by atoms with Gasteiger partial charge in [-0.2, -0.15) is 4.31 Å². The van der Waals surface area contributed by atoms with Gasteiger partial charge >= 0.3 is 0 Å². The third-order valence-corrected chi connectivity index (χ3v) is 7.42. The molecule has 2 aromatic carbocycles. The van der Waals surface area contributed by atoms with E-state index in [1.165, 1.54) is 5.56 Å². The van der Waals surface area contributed by atoms with Gasteiger partial charge < -0.3 is 4.90 Å². The molecule has 0 bridgehead atoms. The van der Waals surface area contributed by atoms with Gasteiger partial charge in [-0.3, -0.25) is 4.79 Å². The summed E-state index contributed by atoms with van der Waals surface area (Å²) in [4.78, 5) is 14.5. The zero-order valence-electron chi connectivity index (χ0n) is 16.8. The van der Waals surface area contributed by atoms with E-state index in [-0.39, 0.29) is 5.91 Å². The summed E-state index contributed by atoms with van der Waals surface area (Å²) in [5.74, 6) is 0.0389. The Hall–Kier alpha value is -2.18. The molecule has 0 radical (unpaired) electrons. The number of hydrogen-bond acceptors (Lipinski definition) is 3. The molecular formula is C22H28N2O3S. The number of benzene rings is 2. The third kappa shape index (κ3) is 4.45. The first-order valence-corrected chi connectivity index (χ1v) is 11.2. The standard InChI is InChI=1S/C22H28N2O3S/c1-17-6-10-20(16-18(17)2)23(3)22(25)13-9-19-7-11-21(12-8-19)28(26,27)24-14-4-5-15-24/h6-8,10-12,16H,4-5,9,13-15H2,1-3H3. The Bertz CT molecular complexity index is 946. The molecule has 0 unspecified atom stereocenters. The smallest absolute Gasteiger partial charge is 0.243 e. The minimum absolute atomic E-state index is 0.0389. The van der Waals surface area contributed by atoms with Gasteiger partial charge in [0.1, 0.15) is 0 Å². The van der Waals surface area contributed by atoms with Gasteiger partial charge in [-0.1, -0.05) is 18.2 Å². The number of carbonyl (C=O) groups excluding carboxylic acids is 1. The number of carbonyl (C=O) groups is 1. The van der Waals surface area contributed by atoms with Crippen LogP contribution < -0.4 is 4.90 Å². The van der Waals surface area contributed by atoms with Crippen molar-refractivity contribution in [3.05, 3.63) is 59.2 Å². The van der Waals surface area contributed by atoms with Crippen LogP contribution in [0.25, 0.3) is 0 Å². The Morgan fingerprint density at radius 3 is 2.25 bits per heavy atom. The molecule has 0 saturated carbocycles. The summed E-state index contributed by atoms with van der Waals surface area (Å²) >= 11 is 0. The zero-order chi connectivity index (χ0) is 20.3. The van der Waals surface area contributed by atoms with Crippen molar-refractivity contribution in [2.75, 3.05) is 25.0 Å². The second kappa shape index (κ2) is 8.45. The Labute approximate surface area is 168 Å². The zero-order valence-corrected chi connectivity index (χ0v) is 17.6. The van der Waals surface area contributed by atoms with Gasteiger partial charge in [0, 0.05) is 32.2 Å². The maximum atomic E-state index is 12.6. The molecule has 28 heavy (non-hydrogen) atoms. The number of rotatable bonds is 6. The number of aryl methyl sites for hydroxylation is 3. The molecule has 0 aromatic heterocycles. The lowest BCUT2D eigenvalue weighted by Crippen LogP contribution is -2.27. The fourth-order valence-electron chi connectivity index (χ4n) is 3.40. The summed E-state index contributed by atoms with van der Waals surface area (Å²) in [6, 6.07) is 12.9. The van der Waals surface area contributed by atoms with E-state index in [2.05, 4.69) is 6.92 Å². The summed E-state index contributed by atoms with van der Waals surface area (Å²) < 4.78 is 26.7. The van der Waals surface area contributed by atoms with Crippen molar-refractivity contribution in [2.45, 2.75) is 44.4 Å². The highest BCUT2D eigenvalue weighted by Gasteiger charge is 2.26. The molecule has 0 aliphatic carbocycles. The van der Waals surface area contributed by atoms with E-state index >= 15 is 0 Å². The fraction of sp³-hybridized carbons (Fsp3) is 0.409. The van der Waals surface area contributed by atoms with Gasteiger partial charge in [0.25, 0.3) is 0 Å². The van der Waals surface area contributed by atoms with Crippen LogP contribution in [0.3, 0.4) is 0 Å². The molecule has 1 aliphatic heterocycles. The monoisotopic (exact) mass is 400 g/mol. The van der Waals surface area contributed by atoms with Crippen molar-refractivity contribution >= 4 is 21.6 Å². The molecule has 2 aromatic rings. The van der Waals surface area contributed by atoms with Gasteiger partial charge in [0.05, 0.1) is 4.90 Å². The number of amides is 1. The molecule has 1 fully saturated rings. The lowest BCUT2D eigenvalue weighted by molar-refractivity contribution is -0.118. The molecule has 150 valence electrons. The van der Waals surface area contributed by atoms with E-state index < -0.39 is 10.0 Å². The normalized spacial score (nSPS) is 15.0. The van der Waals surface area contributed by atoms with Crippen LogP contribution in [0.15, 0.2) is 47.4 Å². The average Bonchev–Trinajstić information content (AvgIpc) is 3.24. The van der Waals surface area contributed by atoms with Crippen LogP contribution in [0.2, 0.25) is 0 Å². The second-order valence-corrected chi connectivity index (χ2v) is 9.41. The first-order chi connectivity index (χ1) is 13.3. The molecule has 3 rings (SSSR count). The van der Waals surface area contributed by atoms with Crippen LogP contribution in [-0.2, 0) is 21.2 Å². The van der Waals surface area contributed by atoms with E-state index in [1.807, 2.05) is 37.3 Å². The van der Waals surface area contributed by atoms with Crippen LogP contribution in [0.1, 0.15) is 36.0 Å². The van der Waals surface area contributed by atoms with Crippen LogP contribution >= 0.6 is 0 Å². The molecule has 1 saturated heterocycles. The summed E-state index contributed by atoms with van der Waals surface area (Å²) in [5.41, 5.74) is 4.21. The first-order valence-electron chi connectivity index (χ1n) is 9.72. The Balaban J connectivity index is 1.61. The van der Waals surface area contributed by atoms with E-state index in [1.54, 1.807) is 28.4 Å². The topological polar surface area (TPSA) is 57.7 Å². The quantitative estimate of drug-likeness (QED) is 0.743. The van der Waals surface area contributed by atoms with Crippen molar-refractivity contribution in [2.24, 2.45) is 0 Å². The average molecular weight is 401 g/mol. The van der Waals surface area contributed by atoms with Crippen LogP contribution in [0, 0.1) is 13.8 Å². The summed E-state index contributed by atoms with van der Waals surface area (Å²) in [6.07, 6.45) is 2.81. The maximum absolute atomic E-state index is 12.6. The van der Waals surface area contributed by atoms with E-state index in [0.29, 0.717) is 30.8 Å². The van der Waals surface area contributed by atoms with Gasteiger partial charge in [0.15, 0.2) is 0 Å². The predicted octanol–water partition coefficient (Wildman–Crippen LogP) is 3.68. The van der Waals surface area contributed by atoms with Gasteiger partial charge in [-0.15, -0.1) is 0 Å². The first kappa shape index (κ1) is 20.6. The molecule has 6 heteroatoms. The number of hydrogen-bond donors (Lipinski definition) is 0. The van der Waals surface area contributed by atoms with Crippen molar-refractivity contribution in [1.82, 2.24) is 4.31 Å². The van der Waals surface area contributed by atoms with Crippen LogP contribution in [0.5, 0.6) is 0 Å². The lowest BCUT2D eigenvalue weighted by atomic mass is 10.1. The van der Waals surface area contributed by atoms with E-state index in [9.17, 15) is 13.2 Å². The van der Waals surface area contributed by atoms with Gasteiger partial charge in [0.2, 0.25) is 15.9 Å². The molecular weight excluding hydrogens is 372 g/mol. The fourth-order valence-corrected chi connectivity index (χ4v) is 4.92. The highest BCUT2D eigenvalue weighted by atomic mass is 32.2. The minimum Gasteiger partial charge on any atom is -0.315 e. The molecule has 1 amide bonds. The largest absolute Gasteiger partial charge is 0.315 e. The molecule has 1 heterocycles. The molecule has 0 spiro atoms. The Morgan fingerprint density at radius 2 is 1.64 bits per heavy atom. The third-order valence-electron chi connectivity index (χ3n) is 5.51. The molecule has 5 nitrogen and oxygen atoms in total. The second-order valence-electron chi connectivity index (χ2n) is 7.48. The number of anilines is 1. The molecule has 0 N–H and O–H groups in total. The highest BCUT2D eigenvalue weighted by molar-refractivity contribution is 7.89. The lowest BCUT2D eigenvalue weighted by Gasteiger charge is -2.19. The summed E-state index contributed by atoms with van der Waals surface area (Å²) in [5, 5.41) is 0. The molecule has 0 atom stereocenters. The predicted molar refractivity (Wildman–Crippen MR) is 112 cm³/mol. The van der Waals surface area contributed by atoms with Crippen LogP contribution in [-0.4, -0.2) is 38.8 Å². The van der Waals surface area contributed by atoms with Gasteiger partial charge in [-0.05, 0) is 74.1 Å². The van der Waals surface area contributed by atoms with Crippen molar-refractivity contribution in [3.63, 3.8) is 0 Å². The van der Waals surface area contributed by atoms with E-state index in [0.717, 1.165) is 29.7 Å². The summed E-state index contributed by atoms with van der Waals surface area (Å²) in [6.45, 7) is 5.29. The van der Waals surface area contributed by atoms with E-state index in [4.69, 9.17) is 0 Å². The van der Waals surface area contributed by atoms with Crippen LogP contribution in [0.4, 0.5) is 5.69 Å². The molecule has 1 aliphatic rings. The SMILES string of the molecule is Cc1ccc(N(C)C(=O)CCc2ccc(S(=O)(=O)N3CCCC3)cc2)cc1C.